The molecule has 0 spiro atoms. The first-order valence-electron chi connectivity index (χ1n) is 5.75. The summed E-state index contributed by atoms with van der Waals surface area (Å²) >= 11 is 0. The van der Waals surface area contributed by atoms with Crippen molar-refractivity contribution in [2.45, 2.75) is 26.4 Å². The van der Waals surface area contributed by atoms with Gasteiger partial charge in [0.1, 0.15) is 5.75 Å². The molecule has 1 aromatic rings. The summed E-state index contributed by atoms with van der Waals surface area (Å²) in [5.41, 5.74) is 3.08. The van der Waals surface area contributed by atoms with E-state index in [1.165, 1.54) is 0 Å². The summed E-state index contributed by atoms with van der Waals surface area (Å²) in [5, 5.41) is 2.39. The molecule has 0 unspecified atom stereocenters. The summed E-state index contributed by atoms with van der Waals surface area (Å²) in [6.45, 7) is 3.22. The molecule has 0 aromatic heterocycles. The topological polar surface area (TPSA) is 21.3 Å². The van der Waals surface area contributed by atoms with Crippen LogP contribution in [0.1, 0.15) is 16.7 Å². The summed E-state index contributed by atoms with van der Waals surface area (Å²) in [6.07, 6.45) is -3.64. The Labute approximate surface area is 105 Å². The SMILES string of the molecule is COc1cc(C)cc(C)c1CCNCC(F)(F)F. The van der Waals surface area contributed by atoms with E-state index in [1.54, 1.807) is 7.11 Å². The molecule has 5 heteroatoms. The smallest absolute Gasteiger partial charge is 0.401 e. The van der Waals surface area contributed by atoms with Crippen LogP contribution in [0.3, 0.4) is 0 Å². The predicted molar refractivity (Wildman–Crippen MR) is 65.1 cm³/mol. The summed E-state index contributed by atoms with van der Waals surface area (Å²) in [7, 11) is 1.57. The molecule has 0 aliphatic rings. The number of hydrogen-bond acceptors (Lipinski definition) is 2. The molecule has 0 fully saturated rings. The fourth-order valence-electron chi connectivity index (χ4n) is 1.90. The van der Waals surface area contributed by atoms with Crippen LogP contribution in [-0.2, 0) is 6.42 Å². The maximum atomic E-state index is 12.0. The predicted octanol–water partition coefficient (Wildman–Crippen LogP) is 3.01. The number of benzene rings is 1. The van der Waals surface area contributed by atoms with Crippen molar-refractivity contribution in [1.29, 1.82) is 0 Å². The maximum absolute atomic E-state index is 12.0. The maximum Gasteiger partial charge on any atom is 0.401 e. The van der Waals surface area contributed by atoms with Crippen molar-refractivity contribution in [1.82, 2.24) is 5.32 Å². The Hall–Kier alpha value is -1.23. The Bertz CT molecular complexity index is 402. The summed E-state index contributed by atoms with van der Waals surface area (Å²) in [4.78, 5) is 0. The Morgan fingerprint density at radius 1 is 1.22 bits per heavy atom. The minimum absolute atomic E-state index is 0.278. The molecule has 0 aliphatic carbocycles. The van der Waals surface area contributed by atoms with Gasteiger partial charge >= 0.3 is 6.18 Å². The van der Waals surface area contributed by atoms with Gasteiger partial charge in [0.15, 0.2) is 0 Å². The minimum atomic E-state index is -4.16. The molecule has 0 amide bonds. The highest BCUT2D eigenvalue weighted by atomic mass is 19.4. The van der Waals surface area contributed by atoms with Gasteiger partial charge in [-0.1, -0.05) is 6.07 Å². The monoisotopic (exact) mass is 261 g/mol. The Morgan fingerprint density at radius 2 is 1.89 bits per heavy atom. The van der Waals surface area contributed by atoms with Crippen LogP contribution in [0.5, 0.6) is 5.75 Å². The first kappa shape index (κ1) is 14.8. The number of halogens is 3. The number of ether oxygens (including phenoxy) is 1. The first-order chi connectivity index (χ1) is 8.33. The zero-order chi connectivity index (χ0) is 13.8. The van der Waals surface area contributed by atoms with E-state index in [9.17, 15) is 13.2 Å². The second-order valence-corrected chi connectivity index (χ2v) is 4.30. The lowest BCUT2D eigenvalue weighted by Crippen LogP contribution is -2.30. The second-order valence-electron chi connectivity index (χ2n) is 4.30. The number of aryl methyl sites for hydroxylation is 2. The van der Waals surface area contributed by atoms with Gasteiger partial charge in [0, 0.05) is 0 Å². The molecule has 0 saturated carbocycles. The molecule has 0 bridgehead atoms. The Morgan fingerprint density at radius 3 is 2.44 bits per heavy atom. The van der Waals surface area contributed by atoms with Gasteiger partial charge in [0.2, 0.25) is 0 Å². The summed E-state index contributed by atoms with van der Waals surface area (Å²) < 4.78 is 41.2. The normalized spacial score (nSPS) is 11.7. The molecular formula is C13H18F3NO. The highest BCUT2D eigenvalue weighted by Crippen LogP contribution is 2.24. The lowest BCUT2D eigenvalue weighted by Gasteiger charge is -2.14. The fourth-order valence-corrected chi connectivity index (χ4v) is 1.90. The molecule has 18 heavy (non-hydrogen) atoms. The first-order valence-corrected chi connectivity index (χ1v) is 5.75. The number of alkyl halides is 3. The van der Waals surface area contributed by atoms with E-state index in [2.05, 4.69) is 5.32 Å². The van der Waals surface area contributed by atoms with Crippen LogP contribution < -0.4 is 10.1 Å². The Kier molecular flexibility index (Phi) is 5.02. The van der Waals surface area contributed by atoms with Crippen molar-refractivity contribution in [3.8, 4) is 5.75 Å². The third-order valence-corrected chi connectivity index (χ3v) is 2.67. The van der Waals surface area contributed by atoms with Crippen molar-refractivity contribution >= 4 is 0 Å². The molecular weight excluding hydrogens is 243 g/mol. The largest absolute Gasteiger partial charge is 0.496 e. The van der Waals surface area contributed by atoms with Crippen LogP contribution in [0.4, 0.5) is 13.2 Å². The number of nitrogens with one attached hydrogen (secondary N) is 1. The van der Waals surface area contributed by atoms with Gasteiger partial charge in [0.25, 0.3) is 0 Å². The van der Waals surface area contributed by atoms with E-state index in [1.807, 2.05) is 26.0 Å². The van der Waals surface area contributed by atoms with Crippen molar-refractivity contribution in [3.05, 3.63) is 28.8 Å². The van der Waals surface area contributed by atoms with Gasteiger partial charge in [-0.3, -0.25) is 0 Å². The van der Waals surface area contributed by atoms with Gasteiger partial charge in [-0.2, -0.15) is 13.2 Å². The lowest BCUT2D eigenvalue weighted by atomic mass is 10.0. The zero-order valence-corrected chi connectivity index (χ0v) is 10.8. The molecule has 1 rings (SSSR count). The van der Waals surface area contributed by atoms with Gasteiger partial charge in [-0.05, 0) is 49.6 Å². The van der Waals surface area contributed by atoms with Crippen molar-refractivity contribution in [2.75, 3.05) is 20.2 Å². The standard InChI is InChI=1S/C13H18F3NO/c1-9-6-10(2)11(12(7-9)18-3)4-5-17-8-13(14,15)16/h6-7,17H,4-5,8H2,1-3H3. The molecule has 102 valence electrons. The molecule has 0 aliphatic heterocycles. The van der Waals surface area contributed by atoms with E-state index >= 15 is 0 Å². The van der Waals surface area contributed by atoms with Gasteiger partial charge in [-0.25, -0.2) is 0 Å². The summed E-state index contributed by atoms with van der Waals surface area (Å²) in [5.74, 6) is 0.737. The van der Waals surface area contributed by atoms with Crippen LogP contribution in [0.15, 0.2) is 12.1 Å². The highest BCUT2D eigenvalue weighted by Gasteiger charge is 2.26. The lowest BCUT2D eigenvalue weighted by molar-refractivity contribution is -0.124. The van der Waals surface area contributed by atoms with Crippen LogP contribution in [0, 0.1) is 13.8 Å². The molecule has 0 radical (unpaired) electrons. The van der Waals surface area contributed by atoms with Crippen LogP contribution in [0.25, 0.3) is 0 Å². The zero-order valence-electron chi connectivity index (χ0n) is 10.8. The van der Waals surface area contributed by atoms with E-state index in [4.69, 9.17) is 4.74 Å². The van der Waals surface area contributed by atoms with E-state index in [0.717, 1.165) is 22.4 Å². The van der Waals surface area contributed by atoms with Gasteiger partial charge in [0.05, 0.1) is 13.7 Å². The number of hydrogen-bond donors (Lipinski definition) is 1. The van der Waals surface area contributed by atoms with Crippen LogP contribution in [0.2, 0.25) is 0 Å². The van der Waals surface area contributed by atoms with Crippen LogP contribution >= 0.6 is 0 Å². The molecule has 0 saturated heterocycles. The number of rotatable bonds is 5. The Balaban J connectivity index is 2.62. The van der Waals surface area contributed by atoms with E-state index in [0.29, 0.717) is 6.42 Å². The highest BCUT2D eigenvalue weighted by molar-refractivity contribution is 5.43. The van der Waals surface area contributed by atoms with E-state index in [-0.39, 0.29) is 6.54 Å². The minimum Gasteiger partial charge on any atom is -0.496 e. The molecule has 0 atom stereocenters. The molecule has 2 nitrogen and oxygen atoms in total. The third-order valence-electron chi connectivity index (χ3n) is 2.67. The molecule has 1 aromatic carbocycles. The van der Waals surface area contributed by atoms with Gasteiger partial charge in [-0.15, -0.1) is 0 Å². The number of methoxy groups -OCH3 is 1. The molecule has 1 N–H and O–H groups in total. The summed E-state index contributed by atoms with van der Waals surface area (Å²) in [6, 6.07) is 3.90. The third kappa shape index (κ3) is 4.56. The van der Waals surface area contributed by atoms with Crippen LogP contribution in [-0.4, -0.2) is 26.4 Å². The molecule has 0 heterocycles. The average Bonchev–Trinajstić information content (AvgIpc) is 2.24. The second kappa shape index (κ2) is 6.09. The average molecular weight is 261 g/mol. The van der Waals surface area contributed by atoms with Crippen molar-refractivity contribution in [3.63, 3.8) is 0 Å². The fraction of sp³-hybridized carbons (Fsp3) is 0.538. The van der Waals surface area contributed by atoms with Crippen molar-refractivity contribution < 1.29 is 17.9 Å². The van der Waals surface area contributed by atoms with Gasteiger partial charge < -0.3 is 10.1 Å². The van der Waals surface area contributed by atoms with Crippen molar-refractivity contribution in [2.24, 2.45) is 0 Å². The quantitative estimate of drug-likeness (QED) is 0.823. The van der Waals surface area contributed by atoms with E-state index < -0.39 is 12.7 Å².